The molecule has 0 saturated heterocycles. The van der Waals surface area contributed by atoms with E-state index in [1.165, 1.54) is 28.8 Å². The number of benzene rings is 4. The summed E-state index contributed by atoms with van der Waals surface area (Å²) in [5.74, 6) is -0.377. The smallest absolute Gasteiger partial charge is 0.266 e. The monoisotopic (exact) mass is 601 g/mol. The molecule has 0 aliphatic heterocycles. The molecule has 1 amide bonds. The number of aromatic nitrogens is 2. The number of rotatable bonds is 8. The lowest BCUT2D eigenvalue weighted by molar-refractivity contribution is -0.113. The van der Waals surface area contributed by atoms with Gasteiger partial charge >= 0.3 is 0 Å². The molecule has 0 saturated carbocycles. The van der Waals surface area contributed by atoms with E-state index in [1.807, 2.05) is 24.3 Å². The summed E-state index contributed by atoms with van der Waals surface area (Å²) in [4.78, 5) is 30.7. The van der Waals surface area contributed by atoms with Crippen LogP contribution in [0.4, 0.5) is 11.4 Å². The van der Waals surface area contributed by atoms with E-state index in [1.54, 1.807) is 60.7 Å². The van der Waals surface area contributed by atoms with Gasteiger partial charge in [0.15, 0.2) is 10.3 Å². The minimum Gasteiger partial charge on any atom is -0.332 e. The minimum atomic E-state index is -3.94. The quantitative estimate of drug-likeness (QED) is 0.132. The Kier molecular flexibility index (Phi) is 8.43. The van der Waals surface area contributed by atoms with E-state index in [4.69, 9.17) is 12.2 Å². The maximum absolute atomic E-state index is 13.3. The van der Waals surface area contributed by atoms with Crippen LogP contribution in [-0.4, -0.2) is 34.7 Å². The molecule has 1 heterocycles. The molecule has 5 rings (SSSR count). The van der Waals surface area contributed by atoms with Crippen molar-refractivity contribution in [2.24, 2.45) is 0 Å². The molecule has 1 aromatic heterocycles. The fraction of sp³-hybridized carbons (Fsp3) is 0.0345. The number of anilines is 2. The van der Waals surface area contributed by atoms with Gasteiger partial charge in [-0.1, -0.05) is 60.3 Å². The van der Waals surface area contributed by atoms with Gasteiger partial charge in [-0.2, -0.15) is 0 Å². The highest BCUT2D eigenvalue weighted by Gasteiger charge is 2.17. The standard InChI is InChI=1S/C29H23N5O4S3/c35-26(19-40-29-32-25-14-8-7-13-24(25)27(36)34(29)22-11-5-2-6-12-22)30-21-15-17-23(18-16-21)41(37,38)33-28(39)31-20-9-3-1-4-10-20/h1-18H,19H2,(H,30,35)(H2,31,33,39). The van der Waals surface area contributed by atoms with Crippen molar-refractivity contribution in [2.45, 2.75) is 10.1 Å². The van der Waals surface area contributed by atoms with Crippen LogP contribution in [-0.2, 0) is 14.8 Å². The topological polar surface area (TPSA) is 122 Å². The molecular formula is C29H23N5O4S3. The van der Waals surface area contributed by atoms with Gasteiger partial charge in [0.1, 0.15) is 0 Å². The van der Waals surface area contributed by atoms with Crippen molar-refractivity contribution in [2.75, 3.05) is 16.4 Å². The van der Waals surface area contributed by atoms with Crippen molar-refractivity contribution in [3.8, 4) is 5.69 Å². The zero-order valence-electron chi connectivity index (χ0n) is 21.4. The van der Waals surface area contributed by atoms with E-state index in [0.717, 1.165) is 11.8 Å². The number of thiocarbonyl (C=S) groups is 1. The molecule has 5 aromatic rings. The first kappa shape index (κ1) is 28.0. The Balaban J connectivity index is 1.25. The van der Waals surface area contributed by atoms with Crippen LogP contribution in [0.2, 0.25) is 0 Å². The lowest BCUT2D eigenvalue weighted by Gasteiger charge is -2.13. The number of amides is 1. The fourth-order valence-corrected chi connectivity index (χ4v) is 6.08. The number of nitrogens with one attached hydrogen (secondary N) is 3. The second-order valence-electron chi connectivity index (χ2n) is 8.67. The average molecular weight is 602 g/mol. The summed E-state index contributed by atoms with van der Waals surface area (Å²) in [5, 5.41) is 6.35. The Morgan fingerprint density at radius 2 is 1.41 bits per heavy atom. The third-order valence-corrected chi connectivity index (χ3v) is 8.44. The Morgan fingerprint density at radius 1 is 0.805 bits per heavy atom. The summed E-state index contributed by atoms with van der Waals surface area (Å²) in [6.45, 7) is 0. The first-order valence-corrected chi connectivity index (χ1v) is 15.2. The summed E-state index contributed by atoms with van der Waals surface area (Å²) in [7, 11) is -3.94. The second-order valence-corrected chi connectivity index (χ2v) is 11.7. The maximum atomic E-state index is 13.3. The van der Waals surface area contributed by atoms with Gasteiger partial charge in [0, 0.05) is 11.4 Å². The maximum Gasteiger partial charge on any atom is 0.266 e. The summed E-state index contributed by atoms with van der Waals surface area (Å²) in [5.41, 5.74) is 2.01. The Hall–Kier alpha value is -4.52. The van der Waals surface area contributed by atoms with Gasteiger partial charge in [-0.05, 0) is 72.9 Å². The van der Waals surface area contributed by atoms with Gasteiger partial charge in [0.25, 0.3) is 15.6 Å². The van der Waals surface area contributed by atoms with E-state index in [9.17, 15) is 18.0 Å². The predicted molar refractivity (Wildman–Crippen MR) is 166 cm³/mol. The first-order valence-electron chi connectivity index (χ1n) is 12.3. The molecule has 12 heteroatoms. The molecule has 0 bridgehead atoms. The van der Waals surface area contributed by atoms with Crippen molar-refractivity contribution in [3.05, 3.63) is 120 Å². The average Bonchev–Trinajstić information content (AvgIpc) is 2.97. The van der Waals surface area contributed by atoms with E-state index < -0.39 is 10.0 Å². The number of thioether (sulfide) groups is 1. The molecule has 3 N–H and O–H groups in total. The highest BCUT2D eigenvalue weighted by molar-refractivity contribution is 7.99. The summed E-state index contributed by atoms with van der Waals surface area (Å²) in [6, 6.07) is 30.8. The van der Waals surface area contributed by atoms with Crippen molar-refractivity contribution in [3.63, 3.8) is 0 Å². The number of para-hydroxylation sites is 3. The second kappa shape index (κ2) is 12.3. The zero-order chi connectivity index (χ0) is 28.8. The van der Waals surface area contributed by atoms with E-state index in [0.29, 0.717) is 33.1 Å². The number of carbonyl (C=O) groups is 1. The molecule has 0 radical (unpaired) electrons. The number of sulfonamides is 1. The van der Waals surface area contributed by atoms with Crippen molar-refractivity contribution >= 4 is 67.3 Å². The minimum absolute atomic E-state index is 0.0191. The highest BCUT2D eigenvalue weighted by Crippen LogP contribution is 2.22. The van der Waals surface area contributed by atoms with Gasteiger partial charge < -0.3 is 10.6 Å². The van der Waals surface area contributed by atoms with Crippen LogP contribution in [0.3, 0.4) is 0 Å². The van der Waals surface area contributed by atoms with Crippen LogP contribution < -0.4 is 20.9 Å². The number of hydrogen-bond donors (Lipinski definition) is 3. The SMILES string of the molecule is O=C(CSc1nc2ccccc2c(=O)n1-c1ccccc1)Nc1ccc(S(=O)(=O)NC(=S)Nc2ccccc2)cc1. The molecule has 0 atom stereocenters. The summed E-state index contributed by atoms with van der Waals surface area (Å²) < 4.78 is 29.3. The van der Waals surface area contributed by atoms with Gasteiger partial charge in [-0.15, -0.1) is 0 Å². The lowest BCUT2D eigenvalue weighted by Crippen LogP contribution is -2.34. The molecule has 0 aliphatic carbocycles. The third kappa shape index (κ3) is 6.80. The van der Waals surface area contributed by atoms with Crippen LogP contribution in [0.25, 0.3) is 16.6 Å². The molecule has 0 fully saturated rings. The van der Waals surface area contributed by atoms with Crippen LogP contribution in [0.15, 0.2) is 124 Å². The largest absolute Gasteiger partial charge is 0.332 e. The third-order valence-electron chi connectivity index (χ3n) is 5.80. The van der Waals surface area contributed by atoms with Crippen molar-refractivity contribution in [1.29, 1.82) is 0 Å². The van der Waals surface area contributed by atoms with Crippen LogP contribution in [0.1, 0.15) is 0 Å². The van der Waals surface area contributed by atoms with Crippen LogP contribution in [0.5, 0.6) is 0 Å². The normalized spacial score (nSPS) is 11.1. The zero-order valence-corrected chi connectivity index (χ0v) is 23.8. The lowest BCUT2D eigenvalue weighted by atomic mass is 10.2. The van der Waals surface area contributed by atoms with Gasteiger partial charge in [-0.25, -0.2) is 13.4 Å². The molecule has 0 aliphatic rings. The van der Waals surface area contributed by atoms with E-state index in [2.05, 4.69) is 20.3 Å². The van der Waals surface area contributed by atoms with Gasteiger partial charge in [0.2, 0.25) is 5.91 Å². The predicted octanol–water partition coefficient (Wildman–Crippen LogP) is 4.79. The molecular weight excluding hydrogens is 579 g/mol. The van der Waals surface area contributed by atoms with Crippen LogP contribution in [0, 0.1) is 0 Å². The number of nitrogens with zero attached hydrogens (tertiary/aromatic N) is 2. The number of carbonyl (C=O) groups excluding carboxylic acids is 1. The molecule has 9 nitrogen and oxygen atoms in total. The highest BCUT2D eigenvalue weighted by atomic mass is 32.2. The fourth-order valence-electron chi connectivity index (χ4n) is 3.92. The summed E-state index contributed by atoms with van der Waals surface area (Å²) in [6.07, 6.45) is 0. The van der Waals surface area contributed by atoms with Crippen LogP contribution >= 0.6 is 24.0 Å². The molecule has 0 spiro atoms. The van der Waals surface area contributed by atoms with E-state index >= 15 is 0 Å². The summed E-state index contributed by atoms with van der Waals surface area (Å²) >= 11 is 6.25. The number of hydrogen-bond acceptors (Lipinski definition) is 7. The number of fused-ring (bicyclic) bond motifs is 1. The van der Waals surface area contributed by atoms with Crippen molar-refractivity contribution in [1.82, 2.24) is 14.3 Å². The Morgan fingerprint density at radius 3 is 2.12 bits per heavy atom. The molecule has 0 unspecified atom stereocenters. The first-order chi connectivity index (χ1) is 19.8. The van der Waals surface area contributed by atoms with Gasteiger partial charge in [0.05, 0.1) is 27.2 Å². The molecule has 206 valence electrons. The Bertz CT molecular complexity index is 1880. The molecule has 4 aromatic carbocycles. The molecule has 41 heavy (non-hydrogen) atoms. The van der Waals surface area contributed by atoms with Crippen molar-refractivity contribution < 1.29 is 13.2 Å². The Labute approximate surface area is 245 Å². The van der Waals surface area contributed by atoms with E-state index in [-0.39, 0.29) is 27.2 Å². The van der Waals surface area contributed by atoms with Gasteiger partial charge in [-0.3, -0.25) is 18.9 Å².